The number of aromatic nitrogens is 4. The monoisotopic (exact) mass is 483 g/mol. The van der Waals surface area contributed by atoms with Gasteiger partial charge >= 0.3 is 12.1 Å². The van der Waals surface area contributed by atoms with Crippen molar-refractivity contribution in [3.05, 3.63) is 65.4 Å². The van der Waals surface area contributed by atoms with Crippen LogP contribution in [0.4, 0.5) is 13.2 Å². The van der Waals surface area contributed by atoms with Crippen molar-refractivity contribution in [2.75, 3.05) is 6.26 Å². The quantitative estimate of drug-likeness (QED) is 0.429. The van der Waals surface area contributed by atoms with Gasteiger partial charge in [-0.15, -0.1) is 0 Å². The summed E-state index contributed by atoms with van der Waals surface area (Å²) in [6.07, 6.45) is -0.665. The number of benzene rings is 1. The van der Waals surface area contributed by atoms with E-state index in [2.05, 4.69) is 24.0 Å². The van der Waals surface area contributed by atoms with E-state index in [1.165, 1.54) is 41.2 Å². The van der Waals surface area contributed by atoms with Crippen LogP contribution in [-0.4, -0.2) is 35.9 Å². The van der Waals surface area contributed by atoms with E-state index in [0.717, 1.165) is 0 Å². The molecule has 0 spiro atoms. The second-order valence-corrected chi connectivity index (χ2v) is 9.45. The number of carbonyl (C=O) groups excluding carboxylic acids is 1. The Labute approximate surface area is 184 Å². The molecule has 1 amide bonds. The normalized spacial score (nSPS) is 13.8. The fourth-order valence-corrected chi connectivity index (χ4v) is 4.34. The zero-order valence-corrected chi connectivity index (χ0v) is 17.8. The van der Waals surface area contributed by atoms with Crippen LogP contribution in [-0.2, 0) is 27.1 Å². The number of imidazole rings is 1. The van der Waals surface area contributed by atoms with Crippen LogP contribution in [0.2, 0.25) is 5.02 Å². The molecule has 0 aliphatic rings. The zero-order valence-electron chi connectivity index (χ0n) is 16.2. The molecule has 13 heteroatoms. The Bertz CT molecular complexity index is 1450. The fraction of sp³-hybridized carbons (Fsp3) is 0.158. The van der Waals surface area contributed by atoms with Gasteiger partial charge in [0.25, 0.3) is 5.91 Å². The van der Waals surface area contributed by atoms with E-state index in [1.54, 1.807) is 18.2 Å². The topological polar surface area (TPSA) is 103 Å². The maximum absolute atomic E-state index is 12.8. The van der Waals surface area contributed by atoms with Crippen molar-refractivity contribution in [3.63, 3.8) is 0 Å². The van der Waals surface area contributed by atoms with E-state index in [9.17, 15) is 22.2 Å². The Kier molecular flexibility index (Phi) is 5.51. The Morgan fingerprint density at radius 1 is 1.22 bits per heavy atom. The molecule has 0 saturated carbocycles. The van der Waals surface area contributed by atoms with E-state index >= 15 is 0 Å². The van der Waals surface area contributed by atoms with Crippen LogP contribution in [0.5, 0.6) is 0 Å². The van der Waals surface area contributed by atoms with Crippen molar-refractivity contribution in [1.29, 1.82) is 0 Å². The number of hydrogen-bond donors (Lipinski definition) is 0. The number of fused-ring (bicyclic) bond motifs is 1. The highest BCUT2D eigenvalue weighted by atomic mass is 35.5. The SMILES string of the molecule is CS(=O)(=NC(=O)Cc1cn2cc(-c3noc(C(F)(F)F)n3)ccc2n1)c1cccc(Cl)c1. The summed E-state index contributed by atoms with van der Waals surface area (Å²) in [6.45, 7) is 0. The van der Waals surface area contributed by atoms with Crippen LogP contribution in [0, 0.1) is 0 Å². The predicted octanol–water partition coefficient (Wildman–Crippen LogP) is 4.28. The van der Waals surface area contributed by atoms with Crippen LogP contribution >= 0.6 is 11.6 Å². The van der Waals surface area contributed by atoms with E-state index in [0.29, 0.717) is 21.3 Å². The molecule has 0 radical (unpaired) electrons. The lowest BCUT2D eigenvalue weighted by molar-refractivity contribution is -0.159. The summed E-state index contributed by atoms with van der Waals surface area (Å²) in [5.74, 6) is -2.34. The van der Waals surface area contributed by atoms with Gasteiger partial charge in [0.1, 0.15) is 5.65 Å². The van der Waals surface area contributed by atoms with Gasteiger partial charge in [-0.2, -0.15) is 22.5 Å². The molecular weight excluding hydrogens is 471 g/mol. The first-order valence-electron chi connectivity index (χ1n) is 8.91. The molecule has 4 aromatic rings. The number of nitrogens with zero attached hydrogens (tertiary/aromatic N) is 5. The van der Waals surface area contributed by atoms with Crippen molar-refractivity contribution in [2.24, 2.45) is 4.36 Å². The summed E-state index contributed by atoms with van der Waals surface area (Å²) in [4.78, 5) is 20.3. The lowest BCUT2D eigenvalue weighted by Crippen LogP contribution is -2.06. The van der Waals surface area contributed by atoms with Crippen molar-refractivity contribution in [3.8, 4) is 11.4 Å². The molecule has 0 fully saturated rings. The van der Waals surface area contributed by atoms with Gasteiger partial charge in [0.2, 0.25) is 5.82 Å². The molecule has 4 rings (SSSR count). The third-order valence-corrected chi connectivity index (χ3v) is 6.19. The van der Waals surface area contributed by atoms with Gasteiger partial charge in [0.05, 0.1) is 21.8 Å². The second kappa shape index (κ2) is 8.02. The van der Waals surface area contributed by atoms with Crippen LogP contribution in [0.15, 0.2) is 62.6 Å². The average molecular weight is 484 g/mol. The predicted molar refractivity (Wildman–Crippen MR) is 108 cm³/mol. The molecule has 3 aromatic heterocycles. The standard InChI is InChI=1S/C19H13ClF3N5O3S/c1-32(30,14-4-2-3-12(20)7-14)27-16(29)8-13-10-28-9-11(5-6-15(28)24-13)17-25-18(31-26-17)19(21,22)23/h2-7,9-10H,8H2,1H3. The minimum absolute atomic E-state index is 0.219. The highest BCUT2D eigenvalue weighted by Gasteiger charge is 2.38. The first kappa shape index (κ1) is 22.0. The van der Waals surface area contributed by atoms with Crippen LogP contribution < -0.4 is 0 Å². The molecule has 8 nitrogen and oxygen atoms in total. The molecule has 0 aliphatic heterocycles. The Morgan fingerprint density at radius 2 is 2.00 bits per heavy atom. The maximum atomic E-state index is 12.8. The van der Waals surface area contributed by atoms with E-state index in [-0.39, 0.29) is 17.8 Å². The number of amides is 1. The third kappa shape index (κ3) is 4.65. The van der Waals surface area contributed by atoms with Crippen LogP contribution in [0.1, 0.15) is 11.6 Å². The summed E-state index contributed by atoms with van der Waals surface area (Å²) in [7, 11) is -3.00. The van der Waals surface area contributed by atoms with Gasteiger partial charge < -0.3 is 8.92 Å². The number of alkyl halides is 3. The summed E-state index contributed by atoms with van der Waals surface area (Å²) >= 11 is 5.91. The smallest absolute Gasteiger partial charge is 0.329 e. The summed E-state index contributed by atoms with van der Waals surface area (Å²) in [6, 6.07) is 9.28. The first-order valence-corrected chi connectivity index (χ1v) is 11.2. The van der Waals surface area contributed by atoms with Gasteiger partial charge in [-0.05, 0) is 30.3 Å². The summed E-state index contributed by atoms with van der Waals surface area (Å²) in [5.41, 5.74) is 1.03. The van der Waals surface area contributed by atoms with E-state index < -0.39 is 27.7 Å². The average Bonchev–Trinajstić information content (AvgIpc) is 3.33. The Morgan fingerprint density at radius 3 is 2.69 bits per heavy atom. The van der Waals surface area contributed by atoms with Crippen molar-refractivity contribution < 1.29 is 26.7 Å². The number of carbonyl (C=O) groups is 1. The molecule has 1 atom stereocenters. The lowest BCUT2D eigenvalue weighted by atomic mass is 10.3. The lowest BCUT2D eigenvalue weighted by Gasteiger charge is -2.04. The van der Waals surface area contributed by atoms with Gasteiger partial charge in [0, 0.05) is 34.1 Å². The Balaban J connectivity index is 1.57. The molecule has 0 aliphatic carbocycles. The van der Waals surface area contributed by atoms with E-state index in [1.807, 2.05) is 0 Å². The Hall–Kier alpha value is -3.25. The molecule has 1 unspecified atom stereocenters. The number of halogens is 4. The molecule has 166 valence electrons. The van der Waals surface area contributed by atoms with E-state index in [4.69, 9.17) is 11.6 Å². The maximum Gasteiger partial charge on any atom is 0.471 e. The van der Waals surface area contributed by atoms with Gasteiger partial charge in [-0.3, -0.25) is 4.79 Å². The molecule has 32 heavy (non-hydrogen) atoms. The highest BCUT2D eigenvalue weighted by Crippen LogP contribution is 2.29. The molecular formula is C19H13ClF3N5O3S. The minimum Gasteiger partial charge on any atom is -0.329 e. The number of hydrogen-bond acceptors (Lipinski definition) is 6. The molecule has 0 saturated heterocycles. The number of pyridine rings is 1. The van der Waals surface area contributed by atoms with Crippen LogP contribution in [0.3, 0.4) is 0 Å². The van der Waals surface area contributed by atoms with Crippen molar-refractivity contribution >= 4 is 32.9 Å². The summed E-state index contributed by atoms with van der Waals surface area (Å²) < 4.78 is 60.4. The molecule has 3 heterocycles. The largest absolute Gasteiger partial charge is 0.471 e. The zero-order chi connectivity index (χ0) is 23.1. The minimum atomic E-state index is -4.75. The van der Waals surface area contributed by atoms with Gasteiger partial charge in [0.15, 0.2) is 0 Å². The molecule has 1 aromatic carbocycles. The van der Waals surface area contributed by atoms with Gasteiger partial charge in [-0.1, -0.05) is 22.8 Å². The fourth-order valence-electron chi connectivity index (χ4n) is 2.85. The molecule has 0 N–H and O–H groups in total. The molecule has 0 bridgehead atoms. The number of rotatable bonds is 4. The van der Waals surface area contributed by atoms with Crippen molar-refractivity contribution in [1.82, 2.24) is 19.5 Å². The first-order chi connectivity index (χ1) is 15.0. The summed E-state index contributed by atoms with van der Waals surface area (Å²) in [5, 5.41) is 3.71. The van der Waals surface area contributed by atoms with Crippen molar-refractivity contribution in [2.45, 2.75) is 17.5 Å². The van der Waals surface area contributed by atoms with Gasteiger partial charge in [-0.25, -0.2) is 9.19 Å². The highest BCUT2D eigenvalue weighted by molar-refractivity contribution is 7.93. The van der Waals surface area contributed by atoms with Crippen LogP contribution in [0.25, 0.3) is 17.0 Å². The third-order valence-electron chi connectivity index (χ3n) is 4.27. The second-order valence-electron chi connectivity index (χ2n) is 6.76.